The predicted octanol–water partition coefficient (Wildman–Crippen LogP) is 8.28. The zero-order chi connectivity index (χ0) is 25.0. The maximum Gasteiger partial charge on any atom is 0.159 e. The van der Waals surface area contributed by atoms with Gasteiger partial charge >= 0.3 is 0 Å². The van der Waals surface area contributed by atoms with Crippen molar-refractivity contribution in [2.24, 2.45) is 9.98 Å². The third-order valence-electron chi connectivity index (χ3n) is 6.42. The molecule has 0 aromatic heterocycles. The van der Waals surface area contributed by atoms with Gasteiger partial charge in [-0.25, -0.2) is 9.98 Å². The fourth-order valence-electron chi connectivity index (χ4n) is 4.47. The summed E-state index contributed by atoms with van der Waals surface area (Å²) in [6.45, 7) is 0. The molecule has 1 aliphatic rings. The number of nitrogens with zero attached hydrogens (tertiary/aromatic N) is 2. The first kappa shape index (κ1) is 23.1. The Morgan fingerprint density at radius 3 is 1.59 bits per heavy atom. The van der Waals surface area contributed by atoms with E-state index in [2.05, 4.69) is 130 Å². The lowest BCUT2D eigenvalue weighted by atomic mass is 10.0. The number of aliphatic imine (C=N–C) groups is 2. The lowest BCUT2D eigenvalue weighted by molar-refractivity contribution is 0.674. The Hall–Kier alpha value is -4.28. The van der Waals surface area contributed by atoms with Gasteiger partial charge in [-0.1, -0.05) is 137 Å². The molecule has 0 spiro atoms. The molecule has 0 saturated heterocycles. The Morgan fingerprint density at radius 1 is 0.514 bits per heavy atom. The number of nitrogens with one attached hydrogen (secondary N) is 1. The zero-order valence-electron chi connectivity index (χ0n) is 20.1. The molecule has 3 nitrogen and oxygen atoms in total. The van der Waals surface area contributed by atoms with E-state index in [1.165, 1.54) is 22.3 Å². The third-order valence-corrected chi connectivity index (χ3v) is 6.92. The molecule has 0 bridgehead atoms. The monoisotopic (exact) mass is 541 g/mol. The van der Waals surface area contributed by atoms with Crippen molar-refractivity contribution in [1.29, 1.82) is 0 Å². The second-order valence-corrected chi connectivity index (χ2v) is 9.82. The van der Waals surface area contributed by atoms with Crippen LogP contribution in [0.5, 0.6) is 0 Å². The topological polar surface area (TPSA) is 36.8 Å². The minimum absolute atomic E-state index is 0.248. The summed E-state index contributed by atoms with van der Waals surface area (Å²) < 4.78 is 1.02. The molecule has 4 heteroatoms. The van der Waals surface area contributed by atoms with Crippen LogP contribution in [-0.4, -0.2) is 11.7 Å². The first-order chi connectivity index (χ1) is 18.2. The fourth-order valence-corrected chi connectivity index (χ4v) is 4.88. The highest BCUT2D eigenvalue weighted by Crippen LogP contribution is 2.26. The average molecular weight is 542 g/mol. The molecule has 1 unspecified atom stereocenters. The van der Waals surface area contributed by atoms with Gasteiger partial charge in [-0.15, -0.1) is 0 Å². The quantitative estimate of drug-likeness (QED) is 0.238. The Balaban J connectivity index is 1.36. The van der Waals surface area contributed by atoms with Gasteiger partial charge in [-0.05, 0) is 39.9 Å². The number of hydrogen-bond acceptors (Lipinski definition) is 3. The van der Waals surface area contributed by atoms with Crippen LogP contribution in [0, 0.1) is 0 Å². The van der Waals surface area contributed by atoms with E-state index >= 15 is 0 Å². The van der Waals surface area contributed by atoms with Gasteiger partial charge in [-0.2, -0.15) is 0 Å². The lowest BCUT2D eigenvalue weighted by Crippen LogP contribution is -2.33. The van der Waals surface area contributed by atoms with Crippen molar-refractivity contribution in [3.63, 3.8) is 0 Å². The molecular weight excluding hydrogens is 518 g/mol. The first-order valence-corrected chi connectivity index (χ1v) is 13.0. The third kappa shape index (κ3) is 5.16. The summed E-state index contributed by atoms with van der Waals surface area (Å²) in [5.74, 6) is 1.52. The largest absolute Gasteiger partial charge is 0.344 e. The van der Waals surface area contributed by atoms with E-state index in [1.54, 1.807) is 0 Å². The maximum atomic E-state index is 5.00. The van der Waals surface area contributed by atoms with Crippen LogP contribution >= 0.6 is 15.9 Å². The van der Waals surface area contributed by atoms with Crippen LogP contribution in [0.3, 0.4) is 0 Å². The summed E-state index contributed by atoms with van der Waals surface area (Å²) in [5, 5.41) is 3.55. The van der Waals surface area contributed by atoms with Crippen molar-refractivity contribution in [3.8, 4) is 22.3 Å². The second-order valence-electron chi connectivity index (χ2n) is 8.90. The lowest BCUT2D eigenvalue weighted by Gasteiger charge is -2.24. The molecule has 0 saturated carbocycles. The van der Waals surface area contributed by atoms with Gasteiger partial charge in [0.1, 0.15) is 12.0 Å². The van der Waals surface area contributed by atoms with E-state index in [4.69, 9.17) is 9.98 Å². The Labute approximate surface area is 225 Å². The van der Waals surface area contributed by atoms with E-state index in [-0.39, 0.29) is 6.17 Å². The van der Waals surface area contributed by atoms with Gasteiger partial charge in [0, 0.05) is 15.6 Å². The standard InChI is InChI=1S/C33H24BrN3/c34-30-13-7-12-29(22-30)33-36-31(27-18-14-25(15-19-27)23-8-3-1-4-9-23)35-32(37-33)28-20-16-26(17-21-28)24-10-5-2-6-11-24/h1-22,33H,(H,35,36,37). The average Bonchev–Trinajstić information content (AvgIpc) is 2.98. The van der Waals surface area contributed by atoms with Gasteiger partial charge in [0.15, 0.2) is 5.84 Å². The molecule has 1 atom stereocenters. The molecule has 37 heavy (non-hydrogen) atoms. The highest BCUT2D eigenvalue weighted by Gasteiger charge is 2.21. The van der Waals surface area contributed by atoms with Crippen LogP contribution < -0.4 is 5.32 Å². The highest BCUT2D eigenvalue weighted by atomic mass is 79.9. The Morgan fingerprint density at radius 2 is 1.03 bits per heavy atom. The van der Waals surface area contributed by atoms with Gasteiger partial charge in [0.05, 0.1) is 0 Å². The highest BCUT2D eigenvalue weighted by molar-refractivity contribution is 9.10. The van der Waals surface area contributed by atoms with Gasteiger partial charge in [-0.3, -0.25) is 0 Å². The molecule has 5 aromatic rings. The summed E-state index contributed by atoms with van der Waals surface area (Å²) in [6.07, 6.45) is -0.248. The van der Waals surface area contributed by atoms with Crippen molar-refractivity contribution in [2.75, 3.05) is 0 Å². The predicted molar refractivity (Wildman–Crippen MR) is 157 cm³/mol. The number of rotatable bonds is 5. The molecule has 178 valence electrons. The van der Waals surface area contributed by atoms with E-state index in [0.717, 1.165) is 27.0 Å². The van der Waals surface area contributed by atoms with Crippen LogP contribution in [0.15, 0.2) is 148 Å². The number of hydrogen-bond donors (Lipinski definition) is 1. The summed E-state index contributed by atoms with van der Waals surface area (Å²) >= 11 is 3.60. The van der Waals surface area contributed by atoms with Crippen LogP contribution in [0.25, 0.3) is 22.3 Å². The summed E-state index contributed by atoms with van der Waals surface area (Å²) in [7, 11) is 0. The normalized spacial score (nSPS) is 14.9. The van der Waals surface area contributed by atoms with Crippen LogP contribution in [-0.2, 0) is 0 Å². The maximum absolute atomic E-state index is 5.00. The van der Waals surface area contributed by atoms with E-state index in [9.17, 15) is 0 Å². The van der Waals surface area contributed by atoms with Crippen molar-refractivity contribution in [2.45, 2.75) is 6.17 Å². The summed E-state index contributed by atoms with van der Waals surface area (Å²) in [4.78, 5) is 9.97. The Bertz CT molecular complexity index is 1570. The molecule has 1 heterocycles. The van der Waals surface area contributed by atoms with Crippen molar-refractivity contribution in [1.82, 2.24) is 5.32 Å². The van der Waals surface area contributed by atoms with E-state index in [0.29, 0.717) is 5.84 Å². The van der Waals surface area contributed by atoms with Crippen molar-refractivity contribution >= 4 is 27.6 Å². The van der Waals surface area contributed by atoms with Gasteiger partial charge < -0.3 is 5.32 Å². The van der Waals surface area contributed by atoms with E-state index < -0.39 is 0 Å². The number of amidine groups is 2. The number of halogens is 1. The van der Waals surface area contributed by atoms with Crippen molar-refractivity contribution in [3.05, 3.63) is 155 Å². The molecule has 1 N–H and O–H groups in total. The molecule has 0 fully saturated rings. The summed E-state index contributed by atoms with van der Waals surface area (Å²) in [6, 6.07) is 46.0. The first-order valence-electron chi connectivity index (χ1n) is 12.2. The molecule has 0 radical (unpaired) electrons. The number of benzene rings is 5. The molecule has 0 aliphatic carbocycles. The SMILES string of the molecule is Brc1cccc(C2N=C(c3ccc(-c4ccccc4)cc3)N=C(c3ccc(-c4ccccc4)cc3)N2)c1. The summed E-state index contributed by atoms with van der Waals surface area (Å²) in [5.41, 5.74) is 7.81. The molecule has 6 rings (SSSR count). The molecular formula is C33H24BrN3. The fraction of sp³-hybridized carbons (Fsp3) is 0.0303. The van der Waals surface area contributed by atoms with Crippen molar-refractivity contribution < 1.29 is 0 Å². The molecule has 0 amide bonds. The zero-order valence-corrected chi connectivity index (χ0v) is 21.6. The minimum atomic E-state index is -0.248. The Kier molecular flexibility index (Phi) is 6.49. The molecule has 5 aromatic carbocycles. The van der Waals surface area contributed by atoms with Crippen LogP contribution in [0.2, 0.25) is 0 Å². The van der Waals surface area contributed by atoms with E-state index in [1.807, 2.05) is 24.3 Å². The van der Waals surface area contributed by atoms with Crippen LogP contribution in [0.1, 0.15) is 22.9 Å². The van der Waals surface area contributed by atoms with Crippen LogP contribution in [0.4, 0.5) is 0 Å². The van der Waals surface area contributed by atoms with Gasteiger partial charge in [0.2, 0.25) is 0 Å². The second kappa shape index (κ2) is 10.4. The molecule has 1 aliphatic heterocycles. The smallest absolute Gasteiger partial charge is 0.159 e. The minimum Gasteiger partial charge on any atom is -0.344 e. The van der Waals surface area contributed by atoms with Gasteiger partial charge in [0.25, 0.3) is 0 Å².